The number of nitrogens with one attached hydrogen (secondary N) is 2. The van der Waals surface area contributed by atoms with E-state index in [4.69, 9.17) is 18.9 Å². The van der Waals surface area contributed by atoms with Crippen LogP contribution in [0, 0.1) is 23.7 Å². The van der Waals surface area contributed by atoms with E-state index in [0.717, 1.165) is 17.5 Å². The number of alkyl carbamates (subject to hydrolysis) is 1. The van der Waals surface area contributed by atoms with Crippen LogP contribution >= 0.6 is 0 Å². The van der Waals surface area contributed by atoms with Gasteiger partial charge < -0.3 is 34.7 Å². The van der Waals surface area contributed by atoms with Gasteiger partial charge in [-0.3, -0.25) is 4.79 Å². The molecule has 0 radical (unpaired) electrons. The van der Waals surface area contributed by atoms with E-state index in [1.807, 2.05) is 62.4 Å². The van der Waals surface area contributed by atoms with Crippen molar-refractivity contribution in [3.8, 4) is 11.5 Å². The van der Waals surface area contributed by atoms with E-state index in [1.165, 1.54) is 0 Å². The first-order chi connectivity index (χ1) is 21.7. The summed E-state index contributed by atoms with van der Waals surface area (Å²) in [7, 11) is 3.29. The lowest BCUT2D eigenvalue weighted by Gasteiger charge is -2.33. The Balaban J connectivity index is 2.26. The molecule has 0 unspecified atom stereocenters. The van der Waals surface area contributed by atoms with E-state index in [2.05, 4.69) is 24.5 Å². The standard InChI is InChI=1S/C37H58N2O7/c1-25(2)29(20-28-16-17-33(44-9)34(21-28)45-19-13-18-43-8)22-31(39-36(42)46-37(5,6)7)32(40)23-30(26(3)4)35(41)38-24-27-14-11-10-12-15-27/h10-12,14-17,21,25-26,29-32,40H,13,18-20,22-24H2,1-9H3,(H,38,41)(H,39,42)/t29-,30+,31+,32-/m1/s1. The van der Waals surface area contributed by atoms with Gasteiger partial charge in [0.2, 0.25) is 5.91 Å². The van der Waals surface area contributed by atoms with Crippen molar-refractivity contribution in [1.29, 1.82) is 0 Å². The molecule has 0 heterocycles. The van der Waals surface area contributed by atoms with Gasteiger partial charge in [0, 0.05) is 32.6 Å². The lowest BCUT2D eigenvalue weighted by atomic mass is 9.80. The maximum absolute atomic E-state index is 13.3. The normalized spacial score (nSPS) is 14.3. The van der Waals surface area contributed by atoms with Gasteiger partial charge in [0.05, 0.1) is 25.9 Å². The molecular weight excluding hydrogens is 584 g/mol. The molecule has 2 aromatic carbocycles. The average Bonchev–Trinajstić information content (AvgIpc) is 2.99. The summed E-state index contributed by atoms with van der Waals surface area (Å²) in [4.78, 5) is 26.3. The Morgan fingerprint density at radius 2 is 1.57 bits per heavy atom. The van der Waals surface area contributed by atoms with E-state index >= 15 is 0 Å². The van der Waals surface area contributed by atoms with Crippen molar-refractivity contribution >= 4 is 12.0 Å². The lowest BCUT2D eigenvalue weighted by molar-refractivity contribution is -0.127. The number of carbonyl (C=O) groups excluding carboxylic acids is 2. The highest BCUT2D eigenvalue weighted by molar-refractivity contribution is 5.79. The predicted octanol–water partition coefficient (Wildman–Crippen LogP) is 6.55. The minimum absolute atomic E-state index is 0.0184. The molecule has 9 nitrogen and oxygen atoms in total. The number of rotatable bonds is 19. The monoisotopic (exact) mass is 642 g/mol. The van der Waals surface area contributed by atoms with Crippen LogP contribution in [0.3, 0.4) is 0 Å². The van der Waals surface area contributed by atoms with Crippen LogP contribution in [0.1, 0.15) is 78.9 Å². The summed E-state index contributed by atoms with van der Waals surface area (Å²) in [6.07, 6.45) is 0.580. The summed E-state index contributed by atoms with van der Waals surface area (Å²) in [5.74, 6) is 1.07. The Morgan fingerprint density at radius 1 is 0.870 bits per heavy atom. The van der Waals surface area contributed by atoms with Gasteiger partial charge in [-0.2, -0.15) is 0 Å². The van der Waals surface area contributed by atoms with Crippen molar-refractivity contribution in [2.45, 2.75) is 98.4 Å². The summed E-state index contributed by atoms with van der Waals surface area (Å²) >= 11 is 0. The molecule has 3 N–H and O–H groups in total. The van der Waals surface area contributed by atoms with Crippen molar-refractivity contribution in [1.82, 2.24) is 10.6 Å². The van der Waals surface area contributed by atoms with Gasteiger partial charge in [-0.15, -0.1) is 0 Å². The first-order valence-corrected chi connectivity index (χ1v) is 16.5. The quantitative estimate of drug-likeness (QED) is 0.149. The van der Waals surface area contributed by atoms with E-state index in [0.29, 0.717) is 44.1 Å². The van der Waals surface area contributed by atoms with Crippen LogP contribution in [0.4, 0.5) is 4.79 Å². The summed E-state index contributed by atoms with van der Waals surface area (Å²) in [6.45, 7) is 15.2. The molecular formula is C37H58N2O7. The molecule has 0 bridgehead atoms. The van der Waals surface area contributed by atoms with Gasteiger partial charge in [-0.25, -0.2) is 4.79 Å². The Bertz CT molecular complexity index is 1180. The van der Waals surface area contributed by atoms with Crippen LogP contribution in [0.15, 0.2) is 48.5 Å². The second kappa shape index (κ2) is 19.4. The number of aliphatic hydroxyl groups excluding tert-OH is 1. The van der Waals surface area contributed by atoms with Crippen LogP contribution in [-0.2, 0) is 27.2 Å². The Hall–Kier alpha value is -3.30. The number of carbonyl (C=O) groups is 2. The maximum Gasteiger partial charge on any atom is 0.407 e. The molecule has 0 spiro atoms. The summed E-state index contributed by atoms with van der Waals surface area (Å²) in [6, 6.07) is 15.0. The van der Waals surface area contributed by atoms with Gasteiger partial charge in [0.1, 0.15) is 5.60 Å². The van der Waals surface area contributed by atoms with Gasteiger partial charge in [-0.1, -0.05) is 64.1 Å². The van der Waals surface area contributed by atoms with Crippen molar-refractivity contribution in [2.75, 3.05) is 27.4 Å². The summed E-state index contributed by atoms with van der Waals surface area (Å²) in [5, 5.41) is 17.7. The molecule has 0 aliphatic carbocycles. The molecule has 0 aliphatic rings. The fraction of sp³-hybridized carbons (Fsp3) is 0.622. The van der Waals surface area contributed by atoms with Crippen molar-refractivity contribution < 1.29 is 33.6 Å². The first-order valence-electron chi connectivity index (χ1n) is 16.5. The zero-order valence-electron chi connectivity index (χ0n) is 29.4. The molecule has 258 valence electrons. The van der Waals surface area contributed by atoms with Gasteiger partial charge in [0.25, 0.3) is 0 Å². The molecule has 0 aliphatic heterocycles. The van der Waals surface area contributed by atoms with Gasteiger partial charge in [0.15, 0.2) is 11.5 Å². The highest BCUT2D eigenvalue weighted by Crippen LogP contribution is 2.32. The lowest BCUT2D eigenvalue weighted by Crippen LogP contribution is -2.48. The van der Waals surface area contributed by atoms with E-state index in [9.17, 15) is 14.7 Å². The third-order valence-electron chi connectivity index (χ3n) is 8.09. The van der Waals surface area contributed by atoms with Crippen LogP contribution in [0.2, 0.25) is 0 Å². The largest absolute Gasteiger partial charge is 0.493 e. The Kier molecular flexibility index (Phi) is 16.4. The second-order valence-corrected chi connectivity index (χ2v) is 13.7. The first kappa shape index (κ1) is 38.9. The summed E-state index contributed by atoms with van der Waals surface area (Å²) in [5.41, 5.74) is 1.37. The Morgan fingerprint density at radius 3 is 2.15 bits per heavy atom. The molecule has 0 fully saturated rings. The van der Waals surface area contributed by atoms with Crippen molar-refractivity contribution in [3.63, 3.8) is 0 Å². The molecule has 2 amide bonds. The zero-order valence-corrected chi connectivity index (χ0v) is 29.4. The average molecular weight is 643 g/mol. The van der Waals surface area contributed by atoms with Gasteiger partial charge >= 0.3 is 6.09 Å². The number of amides is 2. The van der Waals surface area contributed by atoms with Crippen molar-refractivity contribution in [2.24, 2.45) is 23.7 Å². The third kappa shape index (κ3) is 14.0. The fourth-order valence-corrected chi connectivity index (χ4v) is 5.36. The van der Waals surface area contributed by atoms with E-state index < -0.39 is 29.8 Å². The fourth-order valence-electron chi connectivity index (χ4n) is 5.36. The predicted molar refractivity (Wildman–Crippen MR) is 182 cm³/mol. The number of aliphatic hydroxyl groups is 1. The number of benzene rings is 2. The van der Waals surface area contributed by atoms with Crippen LogP contribution in [0.25, 0.3) is 0 Å². The minimum atomic E-state index is -0.973. The van der Waals surface area contributed by atoms with Gasteiger partial charge in [-0.05, 0) is 81.0 Å². The highest BCUT2D eigenvalue weighted by atomic mass is 16.6. The molecule has 0 aromatic heterocycles. The maximum atomic E-state index is 13.3. The van der Waals surface area contributed by atoms with E-state index in [-0.39, 0.29) is 30.1 Å². The number of hydrogen-bond donors (Lipinski definition) is 3. The third-order valence-corrected chi connectivity index (χ3v) is 8.09. The minimum Gasteiger partial charge on any atom is -0.493 e. The molecule has 46 heavy (non-hydrogen) atoms. The van der Waals surface area contributed by atoms with E-state index in [1.54, 1.807) is 35.0 Å². The smallest absolute Gasteiger partial charge is 0.407 e. The highest BCUT2D eigenvalue weighted by Gasteiger charge is 2.33. The summed E-state index contributed by atoms with van der Waals surface area (Å²) < 4.78 is 22.3. The molecule has 0 saturated heterocycles. The number of ether oxygens (including phenoxy) is 4. The molecule has 0 saturated carbocycles. The molecule has 2 aromatic rings. The zero-order chi connectivity index (χ0) is 34.3. The number of methoxy groups -OCH3 is 2. The molecule has 4 atom stereocenters. The topological polar surface area (TPSA) is 115 Å². The second-order valence-electron chi connectivity index (χ2n) is 13.7. The van der Waals surface area contributed by atoms with Crippen molar-refractivity contribution in [3.05, 3.63) is 59.7 Å². The van der Waals surface area contributed by atoms with Crippen LogP contribution in [0.5, 0.6) is 11.5 Å². The molecule has 2 rings (SSSR count). The van der Waals surface area contributed by atoms with Crippen LogP contribution in [-0.4, -0.2) is 62.3 Å². The molecule has 9 heteroatoms. The SMILES string of the molecule is COCCCOc1cc(C[C@H](C[C@H](NC(=O)OC(C)(C)C)[C@H](O)C[C@H](C(=O)NCc2ccccc2)C(C)C)C(C)C)ccc1OC. The number of hydrogen-bond acceptors (Lipinski definition) is 7. The van der Waals surface area contributed by atoms with Crippen LogP contribution < -0.4 is 20.1 Å². The Labute approximate surface area is 276 Å².